The molecule has 0 aliphatic rings. The zero-order chi connectivity index (χ0) is 16.3. The first kappa shape index (κ1) is 18.1. The van der Waals surface area contributed by atoms with Gasteiger partial charge >= 0.3 is 6.18 Å². The van der Waals surface area contributed by atoms with E-state index in [4.69, 9.17) is 10.7 Å². The fourth-order valence-electron chi connectivity index (χ4n) is 1.35. The quantitative estimate of drug-likeness (QED) is 0.556. The van der Waals surface area contributed by atoms with E-state index in [0.717, 1.165) is 10.9 Å². The fraction of sp³-hybridized carbons (Fsp3) is 0.667. The first-order valence-corrected chi connectivity index (χ1v) is 7.73. The molecule has 0 saturated heterocycles. The second-order valence-corrected chi connectivity index (χ2v) is 6.45. The van der Waals surface area contributed by atoms with Crippen LogP contribution in [-0.2, 0) is 26.9 Å². The molecule has 0 amide bonds. The third kappa shape index (κ3) is 6.57. The Balaban J connectivity index is 2.87. The lowest BCUT2D eigenvalue weighted by atomic mass is 10.4. The van der Waals surface area contributed by atoms with Gasteiger partial charge in [0.15, 0.2) is 0 Å². The van der Waals surface area contributed by atoms with E-state index in [1.807, 2.05) is 0 Å². The minimum absolute atomic E-state index is 0.326. The van der Waals surface area contributed by atoms with Crippen molar-refractivity contribution in [3.8, 4) is 0 Å². The van der Waals surface area contributed by atoms with Crippen LogP contribution in [0.3, 0.4) is 0 Å². The van der Waals surface area contributed by atoms with Gasteiger partial charge in [-0.1, -0.05) is 0 Å². The Bertz CT molecular complexity index is 572. The van der Waals surface area contributed by atoms with Crippen molar-refractivity contribution in [1.82, 2.24) is 9.78 Å². The second-order valence-electron chi connectivity index (χ2n) is 3.91. The molecule has 0 bridgehead atoms. The third-order valence-electron chi connectivity index (χ3n) is 2.17. The maximum atomic E-state index is 12.1. The normalized spacial score (nSPS) is 13.1. The van der Waals surface area contributed by atoms with Gasteiger partial charge in [-0.15, -0.1) is 0 Å². The topological polar surface area (TPSA) is 61.2 Å². The molecule has 21 heavy (non-hydrogen) atoms. The Labute approximate surface area is 121 Å². The summed E-state index contributed by atoms with van der Waals surface area (Å²) in [5.74, 6) is 0. The molecule has 0 saturated carbocycles. The number of aromatic nitrogens is 2. The largest absolute Gasteiger partial charge is 0.390 e. The summed E-state index contributed by atoms with van der Waals surface area (Å²) in [4.78, 5) is -0.569. The lowest BCUT2D eigenvalue weighted by molar-refractivity contribution is -0.137. The van der Waals surface area contributed by atoms with E-state index in [-0.39, 0.29) is 5.69 Å². The number of rotatable bonds is 7. The molecule has 0 unspecified atom stereocenters. The van der Waals surface area contributed by atoms with Gasteiger partial charge in [0, 0.05) is 23.4 Å². The van der Waals surface area contributed by atoms with Crippen LogP contribution in [0.15, 0.2) is 11.1 Å². The Morgan fingerprint density at radius 2 is 2.00 bits per heavy atom. The average molecular weight is 357 g/mol. The van der Waals surface area contributed by atoms with Gasteiger partial charge in [-0.05, 0) is 0 Å². The number of hydrogen-bond acceptors (Lipinski definition) is 4. The SMILES string of the molecule is O=S(=O)(Cl)c1cn(CCC(F)(F)F)nc1COCC(F)F. The number of hydrogen-bond donors (Lipinski definition) is 0. The molecule has 0 aliphatic carbocycles. The molecule has 1 heterocycles. The van der Waals surface area contributed by atoms with Crippen molar-refractivity contribution in [1.29, 1.82) is 0 Å². The lowest BCUT2D eigenvalue weighted by Gasteiger charge is -2.05. The minimum atomic E-state index is -4.45. The molecule has 122 valence electrons. The highest BCUT2D eigenvalue weighted by Gasteiger charge is 2.28. The molecule has 0 N–H and O–H groups in total. The Morgan fingerprint density at radius 3 is 2.48 bits per heavy atom. The Morgan fingerprint density at radius 1 is 1.38 bits per heavy atom. The summed E-state index contributed by atoms with van der Waals surface area (Å²) in [6, 6.07) is 0. The minimum Gasteiger partial charge on any atom is -0.369 e. The zero-order valence-electron chi connectivity index (χ0n) is 10.3. The van der Waals surface area contributed by atoms with E-state index in [1.54, 1.807) is 0 Å². The summed E-state index contributed by atoms with van der Waals surface area (Å²) in [6.45, 7) is -2.19. The van der Waals surface area contributed by atoms with E-state index in [0.29, 0.717) is 0 Å². The predicted octanol–water partition coefficient (Wildman–Crippen LogP) is 2.54. The van der Waals surface area contributed by atoms with Crippen molar-refractivity contribution in [2.24, 2.45) is 0 Å². The van der Waals surface area contributed by atoms with Crippen LogP contribution in [0.2, 0.25) is 0 Å². The summed E-state index contributed by atoms with van der Waals surface area (Å²) in [5.41, 5.74) is -0.326. The highest BCUT2D eigenvalue weighted by Crippen LogP contribution is 2.23. The number of alkyl halides is 5. The Kier molecular flexibility index (Phi) is 5.93. The van der Waals surface area contributed by atoms with Crippen molar-refractivity contribution in [3.05, 3.63) is 11.9 Å². The molecular formula is C9H10ClF5N2O3S. The first-order chi connectivity index (χ1) is 9.49. The standard InChI is InChI=1S/C9H10ClF5N2O3S/c10-21(18,19)7-3-17(2-1-9(13,14)15)16-6(7)4-20-5-8(11)12/h3,8H,1-2,4-5H2. The molecule has 5 nitrogen and oxygen atoms in total. The summed E-state index contributed by atoms with van der Waals surface area (Å²) >= 11 is 0. The van der Waals surface area contributed by atoms with Crippen molar-refractivity contribution in [3.63, 3.8) is 0 Å². The molecule has 0 spiro atoms. The van der Waals surface area contributed by atoms with Crippen molar-refractivity contribution in [2.45, 2.75) is 37.1 Å². The summed E-state index contributed by atoms with van der Waals surface area (Å²) in [7, 11) is 0.825. The van der Waals surface area contributed by atoms with Crippen LogP contribution in [0.1, 0.15) is 12.1 Å². The van der Waals surface area contributed by atoms with Gasteiger partial charge in [0.25, 0.3) is 15.5 Å². The molecule has 0 radical (unpaired) electrons. The average Bonchev–Trinajstić information content (AvgIpc) is 2.68. The van der Waals surface area contributed by atoms with E-state index in [2.05, 4.69) is 9.84 Å². The molecule has 0 aliphatic heterocycles. The highest BCUT2D eigenvalue weighted by atomic mass is 35.7. The predicted molar refractivity (Wildman–Crippen MR) is 61.6 cm³/mol. The van der Waals surface area contributed by atoms with Crippen LogP contribution < -0.4 is 0 Å². The van der Waals surface area contributed by atoms with Crippen molar-refractivity contribution < 1.29 is 35.1 Å². The van der Waals surface area contributed by atoms with Gasteiger partial charge < -0.3 is 4.74 Å². The van der Waals surface area contributed by atoms with Crippen LogP contribution in [0.4, 0.5) is 22.0 Å². The van der Waals surface area contributed by atoms with E-state index >= 15 is 0 Å². The van der Waals surface area contributed by atoms with Crippen LogP contribution in [0.25, 0.3) is 0 Å². The smallest absolute Gasteiger partial charge is 0.369 e. The van der Waals surface area contributed by atoms with Crippen LogP contribution in [0.5, 0.6) is 0 Å². The maximum absolute atomic E-state index is 12.1. The third-order valence-corrected chi connectivity index (χ3v) is 3.53. The molecule has 1 aromatic rings. The van der Waals surface area contributed by atoms with E-state index in [9.17, 15) is 30.4 Å². The molecule has 0 atom stereocenters. The van der Waals surface area contributed by atoms with Crippen LogP contribution in [-0.4, -0.2) is 37.4 Å². The van der Waals surface area contributed by atoms with Gasteiger partial charge in [-0.2, -0.15) is 18.3 Å². The first-order valence-electron chi connectivity index (χ1n) is 5.42. The van der Waals surface area contributed by atoms with Gasteiger partial charge in [-0.3, -0.25) is 4.68 Å². The second kappa shape index (κ2) is 6.88. The van der Waals surface area contributed by atoms with Crippen molar-refractivity contribution >= 4 is 19.7 Å². The number of ether oxygens (including phenoxy) is 1. The molecule has 0 aromatic carbocycles. The van der Waals surface area contributed by atoms with Crippen molar-refractivity contribution in [2.75, 3.05) is 6.61 Å². The van der Waals surface area contributed by atoms with Gasteiger partial charge in [-0.25, -0.2) is 17.2 Å². The molecule has 1 aromatic heterocycles. The molecular weight excluding hydrogens is 347 g/mol. The maximum Gasteiger partial charge on any atom is 0.390 e. The summed E-state index contributed by atoms with van der Waals surface area (Å²) < 4.78 is 87.8. The monoisotopic (exact) mass is 356 g/mol. The summed E-state index contributed by atoms with van der Waals surface area (Å²) in [5, 5.41) is 3.56. The number of halogens is 6. The van der Waals surface area contributed by atoms with Gasteiger partial charge in [0.05, 0.1) is 13.0 Å². The molecule has 12 heteroatoms. The zero-order valence-corrected chi connectivity index (χ0v) is 11.9. The number of aryl methyl sites for hydroxylation is 1. The van der Waals surface area contributed by atoms with Crippen LogP contribution >= 0.6 is 10.7 Å². The fourth-order valence-corrected chi connectivity index (χ4v) is 2.36. The number of nitrogens with zero attached hydrogens (tertiary/aromatic N) is 2. The van der Waals surface area contributed by atoms with Gasteiger partial charge in [0.1, 0.15) is 17.2 Å². The van der Waals surface area contributed by atoms with Crippen LogP contribution in [0, 0.1) is 0 Å². The molecule has 0 fully saturated rings. The Hall–Kier alpha value is -0.940. The van der Waals surface area contributed by atoms with E-state index < -0.39 is 52.7 Å². The highest BCUT2D eigenvalue weighted by molar-refractivity contribution is 8.13. The lowest BCUT2D eigenvalue weighted by Crippen LogP contribution is -2.12. The summed E-state index contributed by atoms with van der Waals surface area (Å²) in [6.07, 6.45) is -7.64. The van der Waals surface area contributed by atoms with Gasteiger partial charge in [0.2, 0.25) is 0 Å². The molecule has 1 rings (SSSR count). The van der Waals surface area contributed by atoms with E-state index in [1.165, 1.54) is 0 Å².